The standard InChI is InChI=1S/C32H37N7O3/c1-23-20-25(38-15-7-14-32(2,22-38)24-10-4-3-5-11-24)21-39-29(23)34-28(35-39)30(40)37-18-8-16-36(17-9-19-37)27-13-6-12-26(33-27)31(41)42/h3-6,10-13,20-21H,7-9,14-19,22H2,1-2H3,(H,41,42)/t32-/m1/s1. The zero-order valence-electron chi connectivity index (χ0n) is 24.2. The van der Waals surface area contributed by atoms with Crippen molar-refractivity contribution in [1.29, 1.82) is 0 Å². The number of aromatic carboxylic acids is 1. The molecule has 1 amide bonds. The first-order chi connectivity index (χ1) is 20.3. The number of hydrogen-bond acceptors (Lipinski definition) is 7. The van der Waals surface area contributed by atoms with Gasteiger partial charge in [-0.25, -0.2) is 19.3 Å². The SMILES string of the molecule is Cc1cc(N2CCC[C@@](C)(c3ccccc3)C2)cn2nc(C(=O)N3CCCN(c4cccc(C(=O)O)n4)CCC3)nc12. The Kier molecular flexibility index (Phi) is 7.53. The molecule has 2 aliphatic rings. The number of amides is 1. The van der Waals surface area contributed by atoms with Crippen LogP contribution in [0, 0.1) is 6.92 Å². The molecule has 1 aromatic carbocycles. The molecule has 0 saturated carbocycles. The molecule has 4 aromatic rings. The van der Waals surface area contributed by atoms with Gasteiger partial charge in [-0.15, -0.1) is 5.10 Å². The number of fused-ring (bicyclic) bond motifs is 1. The summed E-state index contributed by atoms with van der Waals surface area (Å²) >= 11 is 0. The van der Waals surface area contributed by atoms with Crippen LogP contribution >= 0.6 is 0 Å². The molecule has 6 rings (SSSR count). The van der Waals surface area contributed by atoms with Gasteiger partial charge >= 0.3 is 5.97 Å². The largest absolute Gasteiger partial charge is 0.477 e. The van der Waals surface area contributed by atoms with Gasteiger partial charge in [-0.3, -0.25) is 4.79 Å². The van der Waals surface area contributed by atoms with Crippen molar-refractivity contribution < 1.29 is 14.7 Å². The summed E-state index contributed by atoms with van der Waals surface area (Å²) in [6.45, 7) is 8.77. The summed E-state index contributed by atoms with van der Waals surface area (Å²) in [5, 5.41) is 13.9. The molecular formula is C32H37N7O3. The molecule has 0 spiro atoms. The highest BCUT2D eigenvalue weighted by Crippen LogP contribution is 2.36. The number of aromatic nitrogens is 4. The molecular weight excluding hydrogens is 530 g/mol. The monoisotopic (exact) mass is 567 g/mol. The molecule has 218 valence electrons. The van der Waals surface area contributed by atoms with Crippen LogP contribution in [0.3, 0.4) is 0 Å². The zero-order chi connectivity index (χ0) is 29.3. The lowest BCUT2D eigenvalue weighted by Crippen LogP contribution is -2.44. The lowest BCUT2D eigenvalue weighted by molar-refractivity contribution is 0.0688. The van der Waals surface area contributed by atoms with Gasteiger partial charge in [0.25, 0.3) is 5.91 Å². The predicted molar refractivity (Wildman–Crippen MR) is 162 cm³/mol. The van der Waals surface area contributed by atoms with Crippen LogP contribution in [0.4, 0.5) is 11.5 Å². The fraction of sp³-hybridized carbons (Fsp3) is 0.406. The highest BCUT2D eigenvalue weighted by atomic mass is 16.4. The summed E-state index contributed by atoms with van der Waals surface area (Å²) < 4.78 is 1.76. The number of anilines is 2. The van der Waals surface area contributed by atoms with E-state index in [0.29, 0.717) is 37.6 Å². The van der Waals surface area contributed by atoms with E-state index in [-0.39, 0.29) is 22.8 Å². The maximum absolute atomic E-state index is 13.5. The zero-order valence-corrected chi connectivity index (χ0v) is 24.2. The van der Waals surface area contributed by atoms with Gasteiger partial charge in [0.2, 0.25) is 5.82 Å². The summed E-state index contributed by atoms with van der Waals surface area (Å²) in [4.78, 5) is 40.2. The average Bonchev–Trinajstić information content (AvgIpc) is 3.43. The molecule has 2 fully saturated rings. The maximum Gasteiger partial charge on any atom is 0.354 e. The fourth-order valence-corrected chi connectivity index (χ4v) is 6.35. The number of hydrogen-bond donors (Lipinski definition) is 1. The minimum absolute atomic E-state index is 0.0354. The van der Waals surface area contributed by atoms with Crippen molar-refractivity contribution in [3.8, 4) is 0 Å². The van der Waals surface area contributed by atoms with E-state index in [1.54, 1.807) is 10.6 Å². The Labute approximate surface area is 245 Å². The number of aryl methyl sites for hydroxylation is 1. The van der Waals surface area contributed by atoms with Crippen molar-refractivity contribution in [3.05, 3.63) is 83.4 Å². The number of rotatable bonds is 5. The quantitative estimate of drug-likeness (QED) is 0.378. The number of piperidine rings is 1. The van der Waals surface area contributed by atoms with Gasteiger partial charge in [-0.2, -0.15) is 0 Å². The third kappa shape index (κ3) is 5.53. The molecule has 2 saturated heterocycles. The fourth-order valence-electron chi connectivity index (χ4n) is 6.35. The van der Waals surface area contributed by atoms with E-state index in [2.05, 4.69) is 68.2 Å². The summed E-state index contributed by atoms with van der Waals surface area (Å²) in [6.07, 6.45) is 5.73. The molecule has 10 nitrogen and oxygen atoms in total. The van der Waals surface area contributed by atoms with Crippen LogP contribution in [0.1, 0.15) is 64.8 Å². The number of nitrogens with zero attached hydrogens (tertiary/aromatic N) is 7. The molecule has 3 aromatic heterocycles. The number of pyridine rings is 2. The van der Waals surface area contributed by atoms with Crippen LogP contribution in [0.25, 0.3) is 5.65 Å². The number of benzene rings is 1. The minimum Gasteiger partial charge on any atom is -0.477 e. The molecule has 5 heterocycles. The van der Waals surface area contributed by atoms with Crippen molar-refractivity contribution in [3.63, 3.8) is 0 Å². The molecule has 10 heteroatoms. The Bertz CT molecular complexity index is 1590. The lowest BCUT2D eigenvalue weighted by Gasteiger charge is -2.42. The van der Waals surface area contributed by atoms with Gasteiger partial charge in [-0.1, -0.05) is 43.3 Å². The van der Waals surface area contributed by atoms with Crippen LogP contribution in [0.5, 0.6) is 0 Å². The summed E-state index contributed by atoms with van der Waals surface area (Å²) in [7, 11) is 0. The van der Waals surface area contributed by atoms with E-state index in [1.807, 2.05) is 24.1 Å². The second-order valence-electron chi connectivity index (χ2n) is 11.7. The Morgan fingerprint density at radius 2 is 1.62 bits per heavy atom. The number of carbonyl (C=O) groups excluding carboxylic acids is 1. The second-order valence-corrected chi connectivity index (χ2v) is 11.7. The van der Waals surface area contributed by atoms with Crippen LogP contribution in [0.15, 0.2) is 60.8 Å². The van der Waals surface area contributed by atoms with Gasteiger partial charge in [-0.05, 0) is 61.9 Å². The van der Waals surface area contributed by atoms with Gasteiger partial charge in [0, 0.05) is 44.7 Å². The molecule has 2 aliphatic heterocycles. The molecule has 0 unspecified atom stereocenters. The van der Waals surface area contributed by atoms with E-state index in [9.17, 15) is 14.7 Å². The highest BCUT2D eigenvalue weighted by Gasteiger charge is 2.33. The Hall–Kier alpha value is -4.47. The minimum atomic E-state index is -1.04. The summed E-state index contributed by atoms with van der Waals surface area (Å²) in [5.74, 6) is -0.324. The molecule has 0 radical (unpaired) electrons. The smallest absolute Gasteiger partial charge is 0.354 e. The van der Waals surface area contributed by atoms with Crippen LogP contribution in [0.2, 0.25) is 0 Å². The van der Waals surface area contributed by atoms with Gasteiger partial charge in [0.15, 0.2) is 11.3 Å². The van der Waals surface area contributed by atoms with E-state index < -0.39 is 5.97 Å². The molecule has 1 N–H and O–H groups in total. The third-order valence-corrected chi connectivity index (χ3v) is 8.60. The van der Waals surface area contributed by atoms with Crippen molar-refractivity contribution >= 4 is 29.0 Å². The average molecular weight is 568 g/mol. The van der Waals surface area contributed by atoms with Crippen molar-refractivity contribution in [2.24, 2.45) is 0 Å². The lowest BCUT2D eigenvalue weighted by atomic mass is 9.76. The van der Waals surface area contributed by atoms with E-state index >= 15 is 0 Å². The number of carbonyl (C=O) groups is 2. The normalized spacial score (nSPS) is 19.9. The first-order valence-electron chi connectivity index (χ1n) is 14.7. The van der Waals surface area contributed by atoms with Gasteiger partial charge in [0.05, 0.1) is 11.9 Å². The first-order valence-corrected chi connectivity index (χ1v) is 14.7. The van der Waals surface area contributed by atoms with Crippen LogP contribution in [-0.2, 0) is 5.41 Å². The van der Waals surface area contributed by atoms with Crippen LogP contribution in [-0.4, -0.2) is 80.7 Å². The first kappa shape index (κ1) is 27.7. The van der Waals surface area contributed by atoms with E-state index in [0.717, 1.165) is 50.0 Å². The molecule has 1 atom stereocenters. The Balaban J connectivity index is 1.15. The number of carboxylic acid groups (broad SMARTS) is 1. The van der Waals surface area contributed by atoms with Gasteiger partial charge in [0.1, 0.15) is 5.82 Å². The third-order valence-electron chi connectivity index (χ3n) is 8.60. The molecule has 0 aliphatic carbocycles. The Morgan fingerprint density at radius 1 is 0.881 bits per heavy atom. The van der Waals surface area contributed by atoms with E-state index in [4.69, 9.17) is 0 Å². The van der Waals surface area contributed by atoms with Crippen molar-refractivity contribution in [2.75, 3.05) is 49.1 Å². The highest BCUT2D eigenvalue weighted by molar-refractivity contribution is 5.91. The molecule has 0 bridgehead atoms. The Morgan fingerprint density at radius 3 is 2.36 bits per heavy atom. The van der Waals surface area contributed by atoms with Crippen LogP contribution < -0.4 is 9.80 Å². The summed E-state index contributed by atoms with van der Waals surface area (Å²) in [5.41, 5.74) is 4.26. The van der Waals surface area contributed by atoms with E-state index in [1.165, 1.54) is 11.6 Å². The number of carboxylic acids is 1. The maximum atomic E-state index is 13.5. The van der Waals surface area contributed by atoms with Crippen molar-refractivity contribution in [2.45, 2.75) is 44.9 Å². The topological polar surface area (TPSA) is 107 Å². The van der Waals surface area contributed by atoms with Gasteiger partial charge < -0.3 is 19.8 Å². The molecule has 42 heavy (non-hydrogen) atoms. The summed E-state index contributed by atoms with van der Waals surface area (Å²) in [6, 6.07) is 18.0. The second kappa shape index (κ2) is 11.4. The predicted octanol–water partition coefficient (Wildman–Crippen LogP) is 4.43. The van der Waals surface area contributed by atoms with Crippen molar-refractivity contribution in [1.82, 2.24) is 24.5 Å².